The lowest BCUT2D eigenvalue weighted by molar-refractivity contribution is 0.149. The van der Waals surface area contributed by atoms with Crippen LogP contribution in [0.3, 0.4) is 0 Å². The molecular weight excluding hydrogens is 358 g/mol. The van der Waals surface area contributed by atoms with Crippen LogP contribution in [0.5, 0.6) is 0 Å². The summed E-state index contributed by atoms with van der Waals surface area (Å²) in [5.41, 5.74) is 5.12. The first kappa shape index (κ1) is 24.2. The maximum absolute atomic E-state index is 5.26. The van der Waals surface area contributed by atoms with Gasteiger partial charge in [0.25, 0.3) is 0 Å². The molecule has 0 saturated heterocycles. The lowest BCUT2D eigenvalue weighted by Crippen LogP contribution is -1.98. The van der Waals surface area contributed by atoms with E-state index < -0.39 is 0 Å². The van der Waals surface area contributed by atoms with Gasteiger partial charge in [0.2, 0.25) is 0 Å². The number of aromatic nitrogens is 3. The highest BCUT2D eigenvalue weighted by molar-refractivity contribution is 5.80. The first-order chi connectivity index (χ1) is 13.9. The topological polar surface area (TPSA) is 50.8 Å². The molecule has 0 unspecified atom stereocenters. The number of allylic oxidation sites excluding steroid dienone is 4. The van der Waals surface area contributed by atoms with Gasteiger partial charge in [-0.15, -0.1) is 0 Å². The quantitative estimate of drug-likeness (QED) is 0.469. The molecule has 0 aliphatic heterocycles. The molecule has 0 aliphatic rings. The number of benzene rings is 1. The van der Waals surface area contributed by atoms with Gasteiger partial charge in [-0.1, -0.05) is 50.3 Å². The molecule has 4 nitrogen and oxygen atoms in total. The molecule has 156 valence electrons. The Kier molecular flexibility index (Phi) is 10.5. The van der Waals surface area contributed by atoms with E-state index in [2.05, 4.69) is 33.2 Å². The highest BCUT2D eigenvalue weighted by Gasteiger charge is 2.06. The predicted molar refractivity (Wildman–Crippen MR) is 126 cm³/mol. The highest BCUT2D eigenvalue weighted by atomic mass is 16.5. The van der Waals surface area contributed by atoms with Crippen LogP contribution >= 0.6 is 0 Å². The largest absolute Gasteiger partial charge is 0.496 e. The number of aromatic amines is 1. The Bertz CT molecular complexity index is 922. The third-order valence-corrected chi connectivity index (χ3v) is 4.08. The fourth-order valence-electron chi connectivity index (χ4n) is 2.45. The predicted octanol–water partition coefficient (Wildman–Crippen LogP) is 7.41. The van der Waals surface area contributed by atoms with Crippen molar-refractivity contribution in [2.75, 3.05) is 0 Å². The number of nitrogens with zero attached hydrogens (tertiary/aromatic N) is 2. The SMILES string of the molecule is C/C=C(/C)OC(C)C.C/C=C(\C)c1nc2ncc(-c3ccccc3)cc2[nH]1.CC. The van der Waals surface area contributed by atoms with Gasteiger partial charge in [0, 0.05) is 11.8 Å². The van der Waals surface area contributed by atoms with Crippen LogP contribution in [0, 0.1) is 0 Å². The van der Waals surface area contributed by atoms with Gasteiger partial charge in [0.15, 0.2) is 5.65 Å². The van der Waals surface area contributed by atoms with Crippen LogP contribution in [0.15, 0.2) is 60.5 Å². The van der Waals surface area contributed by atoms with E-state index in [-0.39, 0.29) is 0 Å². The average molecular weight is 394 g/mol. The van der Waals surface area contributed by atoms with E-state index in [0.29, 0.717) is 6.10 Å². The van der Waals surface area contributed by atoms with E-state index >= 15 is 0 Å². The van der Waals surface area contributed by atoms with Crippen molar-refractivity contribution in [2.45, 2.75) is 61.5 Å². The third kappa shape index (κ3) is 7.57. The zero-order valence-corrected chi connectivity index (χ0v) is 19.1. The van der Waals surface area contributed by atoms with Crippen molar-refractivity contribution >= 4 is 16.7 Å². The molecule has 3 rings (SSSR count). The number of H-pyrrole nitrogens is 1. The van der Waals surface area contributed by atoms with Gasteiger partial charge < -0.3 is 9.72 Å². The Morgan fingerprint density at radius 3 is 2.17 bits per heavy atom. The summed E-state index contributed by atoms with van der Waals surface area (Å²) in [7, 11) is 0. The molecule has 29 heavy (non-hydrogen) atoms. The van der Waals surface area contributed by atoms with Crippen molar-refractivity contribution in [3.05, 3.63) is 66.3 Å². The molecule has 0 saturated carbocycles. The van der Waals surface area contributed by atoms with E-state index in [1.54, 1.807) is 0 Å². The normalized spacial score (nSPS) is 11.5. The molecule has 2 aromatic heterocycles. The second kappa shape index (κ2) is 12.6. The molecule has 0 atom stereocenters. The van der Waals surface area contributed by atoms with E-state index in [1.165, 1.54) is 0 Å². The van der Waals surface area contributed by atoms with Crippen LogP contribution in [-0.2, 0) is 4.74 Å². The van der Waals surface area contributed by atoms with Gasteiger partial charge in [0.1, 0.15) is 5.82 Å². The van der Waals surface area contributed by atoms with Crippen molar-refractivity contribution in [3.63, 3.8) is 0 Å². The number of pyridine rings is 1. The number of nitrogens with one attached hydrogen (secondary N) is 1. The first-order valence-corrected chi connectivity index (χ1v) is 10.3. The molecule has 4 heteroatoms. The third-order valence-electron chi connectivity index (χ3n) is 4.08. The fourth-order valence-corrected chi connectivity index (χ4v) is 2.45. The number of fused-ring (bicyclic) bond motifs is 1. The van der Waals surface area contributed by atoms with Crippen LogP contribution in [-0.4, -0.2) is 21.1 Å². The molecule has 0 radical (unpaired) electrons. The summed E-state index contributed by atoms with van der Waals surface area (Å²) in [5, 5.41) is 0. The Balaban J connectivity index is 0.000000358. The Hall–Kier alpha value is -2.88. The number of imidazole rings is 1. The lowest BCUT2D eigenvalue weighted by atomic mass is 10.1. The molecular formula is C25H35N3O. The minimum Gasteiger partial charge on any atom is -0.496 e. The molecule has 1 aromatic carbocycles. The summed E-state index contributed by atoms with van der Waals surface area (Å²) in [5.74, 6) is 1.88. The van der Waals surface area contributed by atoms with Crippen molar-refractivity contribution in [3.8, 4) is 11.1 Å². The first-order valence-electron chi connectivity index (χ1n) is 10.3. The van der Waals surface area contributed by atoms with E-state index in [0.717, 1.165) is 39.4 Å². The Labute approximate surface area is 175 Å². The molecule has 0 amide bonds. The summed E-state index contributed by atoms with van der Waals surface area (Å²) in [4.78, 5) is 12.2. The van der Waals surface area contributed by atoms with Crippen LogP contribution < -0.4 is 0 Å². The summed E-state index contributed by atoms with van der Waals surface area (Å²) in [6, 6.07) is 12.3. The van der Waals surface area contributed by atoms with Gasteiger partial charge in [-0.25, -0.2) is 9.97 Å². The zero-order chi connectivity index (χ0) is 21.8. The van der Waals surface area contributed by atoms with Crippen LogP contribution in [0.4, 0.5) is 0 Å². The molecule has 0 spiro atoms. The minimum absolute atomic E-state index is 0.311. The highest BCUT2D eigenvalue weighted by Crippen LogP contribution is 2.22. The van der Waals surface area contributed by atoms with Gasteiger partial charge in [-0.3, -0.25) is 0 Å². The minimum atomic E-state index is 0.311. The summed E-state index contributed by atoms with van der Waals surface area (Å²) in [6.07, 6.45) is 6.18. The Morgan fingerprint density at radius 2 is 1.66 bits per heavy atom. The second-order valence-electron chi connectivity index (χ2n) is 6.58. The smallest absolute Gasteiger partial charge is 0.178 e. The van der Waals surface area contributed by atoms with Crippen LogP contribution in [0.2, 0.25) is 0 Å². The molecule has 1 N–H and O–H groups in total. The molecule has 2 heterocycles. The number of hydrogen-bond donors (Lipinski definition) is 1. The monoisotopic (exact) mass is 393 g/mol. The van der Waals surface area contributed by atoms with Crippen molar-refractivity contribution in [1.29, 1.82) is 0 Å². The maximum atomic E-state index is 5.26. The lowest BCUT2D eigenvalue weighted by Gasteiger charge is -2.07. The Morgan fingerprint density at radius 1 is 1.00 bits per heavy atom. The standard InChI is InChI=1S/C16H15N3.C7H14O.C2H6/c1-3-11(2)15-18-14-9-13(10-17-16(14)19-15)12-7-5-4-6-8-12;1-5-7(4)8-6(2)3;1-2/h3-10H,1-2H3,(H,17,18,19);5-6H,1-4H3;1-2H3/b11-3+;7-5-;. The van der Waals surface area contributed by atoms with Gasteiger partial charge in [-0.05, 0) is 64.8 Å². The number of ether oxygens (including phenoxy) is 1. The van der Waals surface area contributed by atoms with Crippen molar-refractivity contribution in [1.82, 2.24) is 15.0 Å². The van der Waals surface area contributed by atoms with Gasteiger partial charge >= 0.3 is 0 Å². The molecule has 0 aliphatic carbocycles. The maximum Gasteiger partial charge on any atom is 0.178 e. The van der Waals surface area contributed by atoms with E-state index in [9.17, 15) is 0 Å². The van der Waals surface area contributed by atoms with Crippen molar-refractivity contribution in [2.24, 2.45) is 0 Å². The van der Waals surface area contributed by atoms with Gasteiger partial charge in [0.05, 0.1) is 17.4 Å². The van der Waals surface area contributed by atoms with Crippen molar-refractivity contribution < 1.29 is 4.74 Å². The number of hydrogen-bond acceptors (Lipinski definition) is 3. The molecule has 0 fully saturated rings. The summed E-state index contributed by atoms with van der Waals surface area (Å²) < 4.78 is 5.26. The van der Waals surface area contributed by atoms with Gasteiger partial charge in [-0.2, -0.15) is 0 Å². The van der Waals surface area contributed by atoms with E-state index in [4.69, 9.17) is 4.74 Å². The number of rotatable bonds is 4. The summed E-state index contributed by atoms with van der Waals surface area (Å²) in [6.45, 7) is 16.0. The van der Waals surface area contributed by atoms with E-state index in [1.807, 2.05) is 91.9 Å². The van der Waals surface area contributed by atoms with Crippen LogP contribution in [0.25, 0.3) is 27.9 Å². The molecule has 3 aromatic rings. The fraction of sp³-hybridized carbons (Fsp3) is 0.360. The summed E-state index contributed by atoms with van der Waals surface area (Å²) >= 11 is 0. The van der Waals surface area contributed by atoms with Crippen LogP contribution in [0.1, 0.15) is 61.2 Å². The zero-order valence-electron chi connectivity index (χ0n) is 19.1. The average Bonchev–Trinajstić information content (AvgIpc) is 3.18. The second-order valence-corrected chi connectivity index (χ2v) is 6.58. The molecule has 0 bridgehead atoms.